The number of aryl methyl sites for hydroxylation is 1. The fourth-order valence-electron chi connectivity index (χ4n) is 7.08. The van der Waals surface area contributed by atoms with Crippen LogP contribution in [0.2, 0.25) is 0 Å². The van der Waals surface area contributed by atoms with Crippen molar-refractivity contribution in [3.63, 3.8) is 0 Å². The largest absolute Gasteiger partial charge is 0.481 e. The number of nitrogens with one attached hydrogen (secondary N) is 1. The molecule has 1 saturated carbocycles. The van der Waals surface area contributed by atoms with Crippen LogP contribution in [-0.4, -0.2) is 52.3 Å². The second-order valence-electron chi connectivity index (χ2n) is 13.6. The molecule has 14 heteroatoms. The molecule has 7 rings (SSSR count). The van der Waals surface area contributed by atoms with Crippen LogP contribution in [0.5, 0.6) is 11.5 Å². The molecule has 3 heterocycles. The third kappa shape index (κ3) is 6.91. The quantitative estimate of drug-likeness (QED) is 0.195. The molecule has 272 valence electrons. The van der Waals surface area contributed by atoms with Gasteiger partial charge in [-0.15, -0.1) is 0 Å². The molecule has 4 aromatic rings. The Morgan fingerprint density at radius 2 is 1.73 bits per heavy atom. The Balaban J connectivity index is 1.44. The van der Waals surface area contributed by atoms with E-state index in [1.807, 2.05) is 0 Å². The number of fused-ring (bicyclic) bond motifs is 6. The molecule has 0 radical (unpaired) electrons. The number of nitrogens with zero attached hydrogens (tertiary/aromatic N) is 2. The molecule has 52 heavy (non-hydrogen) atoms. The van der Waals surface area contributed by atoms with Crippen molar-refractivity contribution < 1.29 is 45.8 Å². The highest BCUT2D eigenvalue weighted by Gasteiger charge is 2.38. The van der Waals surface area contributed by atoms with Gasteiger partial charge in [-0.25, -0.2) is 13.2 Å². The summed E-state index contributed by atoms with van der Waals surface area (Å²) in [6.07, 6.45) is -5.00. The summed E-state index contributed by atoms with van der Waals surface area (Å²) >= 11 is 0. The number of carbonyl (C=O) groups is 2. The number of aliphatic carboxylic acids is 1. The fraction of sp³-hybridized carbons (Fsp3) is 0.342. The van der Waals surface area contributed by atoms with Gasteiger partial charge in [-0.2, -0.15) is 13.2 Å². The summed E-state index contributed by atoms with van der Waals surface area (Å²) in [6, 6.07) is 8.41. The van der Waals surface area contributed by atoms with E-state index in [2.05, 4.69) is 5.32 Å². The van der Waals surface area contributed by atoms with Gasteiger partial charge >= 0.3 is 12.1 Å². The first-order valence-corrected chi connectivity index (χ1v) is 16.8. The van der Waals surface area contributed by atoms with Crippen molar-refractivity contribution in [2.24, 2.45) is 0 Å². The van der Waals surface area contributed by atoms with Gasteiger partial charge in [-0.05, 0) is 90.8 Å². The lowest BCUT2D eigenvalue weighted by atomic mass is 9.90. The number of rotatable bonds is 7. The SMILES string of the molecule is Cc1cccc2c1-c1cc(C3CC3)c(F)c(c1)[C@H](CC(=O)O)NC(=O)[C@H](n1cc(CCN3CC(F)C3)c(C(F)(F)F)cc1=O)c1cc(ccc1F)O2. The van der Waals surface area contributed by atoms with Gasteiger partial charge in [0.25, 0.3) is 5.56 Å². The van der Waals surface area contributed by atoms with E-state index in [-0.39, 0.29) is 49.0 Å². The monoisotopic (exact) mass is 725 g/mol. The van der Waals surface area contributed by atoms with Crippen LogP contribution in [0.25, 0.3) is 11.1 Å². The molecule has 3 aromatic carbocycles. The van der Waals surface area contributed by atoms with E-state index in [1.54, 1.807) is 36.1 Å². The van der Waals surface area contributed by atoms with Crippen LogP contribution < -0.4 is 15.6 Å². The van der Waals surface area contributed by atoms with Crippen LogP contribution in [0, 0.1) is 18.6 Å². The van der Waals surface area contributed by atoms with Crippen molar-refractivity contribution in [3.05, 3.63) is 116 Å². The van der Waals surface area contributed by atoms with E-state index in [0.717, 1.165) is 23.9 Å². The molecule has 1 amide bonds. The number of hydrogen-bond acceptors (Lipinski definition) is 5. The van der Waals surface area contributed by atoms with Gasteiger partial charge in [0.05, 0.1) is 18.0 Å². The van der Waals surface area contributed by atoms with Gasteiger partial charge in [0.15, 0.2) is 0 Å². The highest BCUT2D eigenvalue weighted by atomic mass is 19.4. The van der Waals surface area contributed by atoms with Crippen LogP contribution >= 0.6 is 0 Å². The van der Waals surface area contributed by atoms with E-state index in [4.69, 9.17) is 4.74 Å². The smallest absolute Gasteiger partial charge is 0.416 e. The average Bonchev–Trinajstić information content (AvgIpc) is 3.90. The number of pyridine rings is 1. The Bertz CT molecular complexity index is 2140. The van der Waals surface area contributed by atoms with Crippen LogP contribution in [0.15, 0.2) is 65.6 Å². The van der Waals surface area contributed by atoms with Crippen molar-refractivity contribution in [1.82, 2.24) is 14.8 Å². The summed E-state index contributed by atoms with van der Waals surface area (Å²) in [5.41, 5.74) is -1.57. The Kier molecular flexibility index (Phi) is 9.14. The van der Waals surface area contributed by atoms with Gasteiger partial charge in [-0.1, -0.05) is 12.1 Å². The number of carboxylic acids is 1. The van der Waals surface area contributed by atoms with Crippen molar-refractivity contribution in [1.29, 1.82) is 0 Å². The second-order valence-corrected chi connectivity index (χ2v) is 13.6. The second kappa shape index (κ2) is 13.5. The van der Waals surface area contributed by atoms with Crippen LogP contribution in [-0.2, 0) is 22.2 Å². The zero-order chi connectivity index (χ0) is 37.1. The van der Waals surface area contributed by atoms with Gasteiger partial charge in [0.1, 0.15) is 35.3 Å². The first kappa shape index (κ1) is 35.3. The highest BCUT2D eigenvalue weighted by molar-refractivity contribution is 5.85. The average molecular weight is 726 g/mol. The molecule has 0 unspecified atom stereocenters. The van der Waals surface area contributed by atoms with Crippen LogP contribution in [0.3, 0.4) is 0 Å². The number of ether oxygens (including phenoxy) is 1. The Labute approximate surface area is 293 Å². The van der Waals surface area contributed by atoms with E-state index in [1.165, 1.54) is 12.1 Å². The summed E-state index contributed by atoms with van der Waals surface area (Å²) in [6.45, 7) is 1.86. The molecular weight excluding hydrogens is 692 g/mol. The van der Waals surface area contributed by atoms with Crippen LogP contribution in [0.4, 0.5) is 26.3 Å². The molecular formula is C38H33F6N3O5. The Hall–Kier alpha value is -5.11. The lowest BCUT2D eigenvalue weighted by molar-refractivity contribution is -0.139. The minimum absolute atomic E-state index is 0.00864. The van der Waals surface area contributed by atoms with Crippen molar-refractivity contribution in [2.75, 3.05) is 19.6 Å². The molecule has 3 aliphatic rings. The molecule has 1 aromatic heterocycles. The fourth-order valence-corrected chi connectivity index (χ4v) is 7.08. The van der Waals surface area contributed by atoms with Gasteiger partial charge in [-0.3, -0.25) is 23.9 Å². The number of benzene rings is 3. The lowest BCUT2D eigenvalue weighted by Crippen LogP contribution is -2.49. The standard InChI is InChI=1S/C38H33F6N3O5/c1-19-3-2-4-31-34(19)22-11-25(20-5-6-20)35(41)27(12-22)30(15-33(49)50)45-37(51)36(26-13-24(52-31)7-8-29(26)40)47-16-21(9-10-46-17-23(39)18-46)28(14-32(47)48)38(42,43)44/h2-4,7-8,11-14,16,20,23,30,36H,5-6,9-10,15,17-18H2,1H3,(H,45,51)(H,49,50)/t30-,36+/m0/s1. The number of alkyl halides is 4. The van der Waals surface area contributed by atoms with Crippen LogP contribution in [0.1, 0.15) is 70.6 Å². The minimum atomic E-state index is -4.98. The molecule has 2 atom stereocenters. The molecule has 8 nitrogen and oxygen atoms in total. The Morgan fingerprint density at radius 1 is 1.00 bits per heavy atom. The third-order valence-corrected chi connectivity index (χ3v) is 9.83. The summed E-state index contributed by atoms with van der Waals surface area (Å²) in [5.74, 6) is -4.20. The predicted molar refractivity (Wildman–Crippen MR) is 177 cm³/mol. The number of amides is 1. The van der Waals surface area contributed by atoms with Crippen molar-refractivity contribution in [3.8, 4) is 22.6 Å². The Morgan fingerprint density at radius 3 is 2.40 bits per heavy atom. The zero-order valence-electron chi connectivity index (χ0n) is 27.8. The van der Waals surface area contributed by atoms with Gasteiger partial charge < -0.3 is 15.2 Å². The van der Waals surface area contributed by atoms with E-state index in [9.17, 15) is 37.1 Å². The maximum atomic E-state index is 16.4. The number of likely N-dealkylation sites (tertiary alicyclic amines) is 1. The maximum absolute atomic E-state index is 16.4. The number of hydrogen-bond donors (Lipinski definition) is 2. The van der Waals surface area contributed by atoms with E-state index >= 15 is 8.78 Å². The topological polar surface area (TPSA) is 101 Å². The maximum Gasteiger partial charge on any atom is 0.416 e. The van der Waals surface area contributed by atoms with Crippen molar-refractivity contribution in [2.45, 2.75) is 63.0 Å². The minimum Gasteiger partial charge on any atom is -0.481 e. The van der Waals surface area contributed by atoms with Crippen molar-refractivity contribution >= 4 is 11.9 Å². The molecule has 4 bridgehead atoms. The lowest BCUT2D eigenvalue weighted by Gasteiger charge is -2.34. The highest BCUT2D eigenvalue weighted by Crippen LogP contribution is 2.47. The molecule has 2 fully saturated rings. The predicted octanol–water partition coefficient (Wildman–Crippen LogP) is 7.22. The number of aromatic nitrogens is 1. The summed E-state index contributed by atoms with van der Waals surface area (Å²) < 4.78 is 95.4. The number of carboxylic acid groups (broad SMARTS) is 1. The molecule has 1 saturated heterocycles. The summed E-state index contributed by atoms with van der Waals surface area (Å²) in [4.78, 5) is 41.8. The number of carbonyl (C=O) groups excluding carboxylic acids is 1. The molecule has 0 spiro atoms. The molecule has 2 N–H and O–H groups in total. The molecule has 2 aliphatic heterocycles. The van der Waals surface area contributed by atoms with Gasteiger partial charge in [0.2, 0.25) is 5.91 Å². The normalized spacial score (nSPS) is 19.3. The summed E-state index contributed by atoms with van der Waals surface area (Å²) in [7, 11) is 0. The first-order valence-electron chi connectivity index (χ1n) is 16.8. The van der Waals surface area contributed by atoms with E-state index in [0.29, 0.717) is 40.2 Å². The number of halogens is 6. The molecule has 1 aliphatic carbocycles. The third-order valence-electron chi connectivity index (χ3n) is 9.83. The summed E-state index contributed by atoms with van der Waals surface area (Å²) in [5, 5.41) is 12.4. The van der Waals surface area contributed by atoms with Gasteiger partial charge in [0, 0.05) is 48.6 Å². The van der Waals surface area contributed by atoms with E-state index < -0.39 is 76.6 Å². The zero-order valence-corrected chi connectivity index (χ0v) is 27.8. The first-order chi connectivity index (χ1) is 24.7.